The van der Waals surface area contributed by atoms with Crippen LogP contribution in [0.15, 0.2) is 48.7 Å². The van der Waals surface area contributed by atoms with Crippen molar-refractivity contribution < 1.29 is 19.1 Å². The summed E-state index contributed by atoms with van der Waals surface area (Å²) in [6.45, 7) is 16.7. The van der Waals surface area contributed by atoms with Crippen LogP contribution in [0, 0.1) is 5.41 Å². The van der Waals surface area contributed by atoms with Crippen molar-refractivity contribution in [1.82, 2.24) is 34.8 Å². The van der Waals surface area contributed by atoms with Gasteiger partial charge in [-0.3, -0.25) is 19.4 Å². The van der Waals surface area contributed by atoms with Crippen LogP contribution >= 0.6 is 0 Å². The van der Waals surface area contributed by atoms with Gasteiger partial charge >= 0.3 is 6.03 Å². The van der Waals surface area contributed by atoms with Crippen LogP contribution in [0.5, 0.6) is 5.75 Å². The van der Waals surface area contributed by atoms with Gasteiger partial charge in [-0.15, -0.1) is 10.2 Å². The standard InChI is InChI=1S/C38H50N8O4/c1-37(2,3)23-34-44-43-33-16-13-25(24-46(33)34)50-30-15-14-28(26-10-7-8-11-27(26)30)39-36(48)42-32-22-31(38(4,5)6)40-35(41-32)29(47)12-9-17-45-18-20-49-21-19-45/h7-8,10-11,13,16,22,24,28,30H,9,12,14-15,17-21,23H2,1-6H3,(H2,39,40,41,42,48)/t28-,30+/m0/s1. The fourth-order valence-electron chi connectivity index (χ4n) is 6.50. The molecular weight excluding hydrogens is 632 g/mol. The molecule has 1 aliphatic carbocycles. The molecule has 12 nitrogen and oxygen atoms in total. The van der Waals surface area contributed by atoms with E-state index in [1.165, 1.54) is 0 Å². The van der Waals surface area contributed by atoms with E-state index in [0.717, 1.165) is 67.6 Å². The molecule has 266 valence electrons. The molecule has 2 atom stereocenters. The van der Waals surface area contributed by atoms with Gasteiger partial charge in [-0.25, -0.2) is 14.8 Å². The third-order valence-electron chi connectivity index (χ3n) is 9.12. The highest BCUT2D eigenvalue weighted by atomic mass is 16.5. The maximum Gasteiger partial charge on any atom is 0.320 e. The van der Waals surface area contributed by atoms with E-state index in [1.54, 1.807) is 6.07 Å². The molecule has 4 heterocycles. The number of anilines is 1. The van der Waals surface area contributed by atoms with Gasteiger partial charge in [-0.05, 0) is 54.5 Å². The highest BCUT2D eigenvalue weighted by Gasteiger charge is 2.30. The molecule has 3 aromatic heterocycles. The number of benzene rings is 1. The normalized spacial score (nSPS) is 18.4. The molecule has 0 bridgehead atoms. The lowest BCUT2D eigenvalue weighted by atomic mass is 9.85. The molecule has 4 aromatic rings. The van der Waals surface area contributed by atoms with E-state index in [9.17, 15) is 9.59 Å². The summed E-state index contributed by atoms with van der Waals surface area (Å²) in [6.07, 6.45) is 5.02. The van der Waals surface area contributed by atoms with Gasteiger partial charge < -0.3 is 14.8 Å². The highest BCUT2D eigenvalue weighted by molar-refractivity contribution is 5.94. The van der Waals surface area contributed by atoms with Gasteiger partial charge in [-0.2, -0.15) is 0 Å². The van der Waals surface area contributed by atoms with Gasteiger partial charge in [0.25, 0.3) is 0 Å². The number of ketones is 1. The Morgan fingerprint density at radius 1 is 0.960 bits per heavy atom. The molecule has 1 aliphatic heterocycles. The first kappa shape index (κ1) is 35.4. The minimum atomic E-state index is -0.391. The summed E-state index contributed by atoms with van der Waals surface area (Å²) < 4.78 is 14.0. The van der Waals surface area contributed by atoms with Gasteiger partial charge in [0.1, 0.15) is 23.5 Å². The molecule has 0 saturated carbocycles. The van der Waals surface area contributed by atoms with E-state index in [0.29, 0.717) is 37.2 Å². The molecule has 0 unspecified atom stereocenters. The fourth-order valence-corrected chi connectivity index (χ4v) is 6.50. The number of Topliss-reactive ketones (excluding diaryl/α,β-unsaturated/α-hetero) is 1. The van der Waals surface area contributed by atoms with E-state index in [-0.39, 0.29) is 34.6 Å². The molecule has 6 rings (SSSR count). The number of hydrogen-bond acceptors (Lipinski definition) is 9. The number of aromatic nitrogens is 5. The second kappa shape index (κ2) is 14.8. The molecule has 0 spiro atoms. The monoisotopic (exact) mass is 682 g/mol. The summed E-state index contributed by atoms with van der Waals surface area (Å²) in [6, 6.07) is 13.1. The van der Waals surface area contributed by atoms with Crippen molar-refractivity contribution in [2.24, 2.45) is 5.41 Å². The molecule has 2 aliphatic rings. The number of carbonyl (C=O) groups excluding carboxylic acids is 2. The Kier molecular flexibility index (Phi) is 10.5. The van der Waals surface area contributed by atoms with E-state index < -0.39 is 6.03 Å². The first-order chi connectivity index (χ1) is 23.8. The number of pyridine rings is 1. The highest BCUT2D eigenvalue weighted by Crippen LogP contribution is 2.39. The van der Waals surface area contributed by atoms with Crippen LogP contribution in [0.25, 0.3) is 5.65 Å². The number of nitrogens with zero attached hydrogens (tertiary/aromatic N) is 6. The molecular formula is C38H50N8O4. The van der Waals surface area contributed by atoms with Crippen LogP contribution in [0.1, 0.15) is 113 Å². The van der Waals surface area contributed by atoms with Crippen molar-refractivity contribution in [3.63, 3.8) is 0 Å². The van der Waals surface area contributed by atoms with Gasteiger partial charge in [0.15, 0.2) is 17.3 Å². The Hall–Kier alpha value is -4.42. The number of ether oxygens (including phenoxy) is 2. The second-order valence-corrected chi connectivity index (χ2v) is 15.6. The molecule has 1 fully saturated rings. The average Bonchev–Trinajstić information content (AvgIpc) is 3.46. The van der Waals surface area contributed by atoms with Crippen molar-refractivity contribution >= 4 is 23.3 Å². The summed E-state index contributed by atoms with van der Waals surface area (Å²) in [5.41, 5.74) is 3.24. The van der Waals surface area contributed by atoms with Crippen LogP contribution in [-0.4, -0.2) is 74.1 Å². The lowest BCUT2D eigenvalue weighted by molar-refractivity contribution is 0.0371. The van der Waals surface area contributed by atoms with E-state index in [4.69, 9.17) is 9.47 Å². The first-order valence-electron chi connectivity index (χ1n) is 17.7. The lowest BCUT2D eigenvalue weighted by Gasteiger charge is -2.32. The van der Waals surface area contributed by atoms with Crippen molar-refractivity contribution in [3.05, 3.63) is 77.1 Å². The molecule has 2 amide bonds. The Bertz CT molecular complexity index is 1820. The maximum atomic E-state index is 13.5. The molecule has 2 N–H and O–H groups in total. The van der Waals surface area contributed by atoms with Gasteiger partial charge in [0, 0.05) is 37.4 Å². The maximum absolute atomic E-state index is 13.5. The van der Waals surface area contributed by atoms with E-state index in [2.05, 4.69) is 62.5 Å². The zero-order chi connectivity index (χ0) is 35.5. The number of hydrogen-bond donors (Lipinski definition) is 2. The zero-order valence-electron chi connectivity index (χ0n) is 30.2. The van der Waals surface area contributed by atoms with Crippen molar-refractivity contribution in [3.8, 4) is 5.75 Å². The van der Waals surface area contributed by atoms with Gasteiger partial charge in [0.05, 0.1) is 31.1 Å². The summed E-state index contributed by atoms with van der Waals surface area (Å²) in [7, 11) is 0. The van der Waals surface area contributed by atoms with Crippen LogP contribution in [0.2, 0.25) is 0 Å². The Labute approximate surface area is 294 Å². The molecule has 1 saturated heterocycles. The van der Waals surface area contributed by atoms with Crippen molar-refractivity contribution in [2.45, 2.75) is 91.2 Å². The number of nitrogens with one attached hydrogen (secondary N) is 2. The summed E-state index contributed by atoms with van der Waals surface area (Å²) in [4.78, 5) is 38.1. The lowest BCUT2D eigenvalue weighted by Crippen LogP contribution is -2.37. The summed E-state index contributed by atoms with van der Waals surface area (Å²) >= 11 is 0. The first-order valence-corrected chi connectivity index (χ1v) is 17.7. The quantitative estimate of drug-likeness (QED) is 0.180. The zero-order valence-corrected chi connectivity index (χ0v) is 30.2. The topological polar surface area (TPSA) is 136 Å². The van der Waals surface area contributed by atoms with Gasteiger partial charge in [0.2, 0.25) is 0 Å². The van der Waals surface area contributed by atoms with Crippen LogP contribution in [-0.2, 0) is 16.6 Å². The number of fused-ring (bicyclic) bond motifs is 2. The third-order valence-corrected chi connectivity index (χ3v) is 9.12. The number of morpholine rings is 1. The molecule has 0 radical (unpaired) electrons. The number of amides is 2. The Morgan fingerprint density at radius 2 is 1.72 bits per heavy atom. The van der Waals surface area contributed by atoms with Crippen molar-refractivity contribution in [2.75, 3.05) is 38.2 Å². The predicted molar refractivity (Wildman–Crippen MR) is 192 cm³/mol. The van der Waals surface area contributed by atoms with Crippen molar-refractivity contribution in [1.29, 1.82) is 0 Å². The summed E-state index contributed by atoms with van der Waals surface area (Å²) in [5.74, 6) is 1.94. The van der Waals surface area contributed by atoms with E-state index in [1.807, 2.05) is 61.7 Å². The Balaban J connectivity index is 1.13. The molecule has 12 heteroatoms. The SMILES string of the molecule is CC(C)(C)Cc1nnc2ccc(O[C@@H]3CC[C@H](NC(=O)Nc4cc(C(C)(C)C)nc(C(=O)CCCN5CCOCC5)n4)c4ccccc43)cn12. The number of rotatable bonds is 10. The summed E-state index contributed by atoms with van der Waals surface area (Å²) in [5, 5.41) is 14.8. The Morgan fingerprint density at radius 3 is 2.46 bits per heavy atom. The number of carbonyl (C=O) groups is 2. The van der Waals surface area contributed by atoms with Crippen LogP contribution < -0.4 is 15.4 Å². The molecule has 1 aromatic carbocycles. The van der Waals surface area contributed by atoms with Crippen LogP contribution in [0.3, 0.4) is 0 Å². The minimum Gasteiger partial charge on any atom is -0.484 e. The predicted octanol–water partition coefficient (Wildman–Crippen LogP) is 6.48. The fraction of sp³-hybridized carbons (Fsp3) is 0.526. The smallest absolute Gasteiger partial charge is 0.320 e. The third kappa shape index (κ3) is 8.83. The van der Waals surface area contributed by atoms with Crippen LogP contribution in [0.4, 0.5) is 10.6 Å². The largest absolute Gasteiger partial charge is 0.484 e. The van der Waals surface area contributed by atoms with E-state index >= 15 is 0 Å². The average molecular weight is 683 g/mol. The second-order valence-electron chi connectivity index (χ2n) is 15.6. The van der Waals surface area contributed by atoms with Gasteiger partial charge in [-0.1, -0.05) is 65.8 Å². The number of urea groups is 1. The minimum absolute atomic E-state index is 0.0711. The molecule has 50 heavy (non-hydrogen) atoms.